The molecule has 1 aliphatic rings. The van der Waals surface area contributed by atoms with Crippen LogP contribution in [0.15, 0.2) is 36.4 Å². The van der Waals surface area contributed by atoms with Gasteiger partial charge in [-0.15, -0.1) is 11.8 Å². The molecule has 0 aliphatic carbocycles. The Morgan fingerprint density at radius 1 is 1.19 bits per heavy atom. The molecule has 1 fully saturated rings. The summed E-state index contributed by atoms with van der Waals surface area (Å²) in [4.78, 5) is 41.9. The number of carboxylic acids is 1. The minimum atomic E-state index is -1.20. The van der Waals surface area contributed by atoms with Gasteiger partial charge in [0.25, 0.3) is 5.91 Å². The molecule has 0 radical (unpaired) electrons. The van der Waals surface area contributed by atoms with Gasteiger partial charge in [0.1, 0.15) is 17.4 Å². The zero-order chi connectivity index (χ0) is 19.6. The third-order valence-electron chi connectivity index (χ3n) is 4.27. The van der Waals surface area contributed by atoms with Crippen LogP contribution >= 0.6 is 11.8 Å². The average Bonchev–Trinajstić information content (AvgIpc) is 3.13. The summed E-state index contributed by atoms with van der Waals surface area (Å²) in [6.45, 7) is 3.89. The topological polar surface area (TPSA) is 99.6 Å². The zero-order valence-electron chi connectivity index (χ0n) is 14.9. The molecule has 0 bridgehead atoms. The fourth-order valence-electron chi connectivity index (χ4n) is 2.85. The van der Waals surface area contributed by atoms with E-state index in [0.29, 0.717) is 17.3 Å². The van der Waals surface area contributed by atoms with Crippen LogP contribution < -0.4 is 5.32 Å². The van der Waals surface area contributed by atoms with E-state index in [1.807, 2.05) is 32.0 Å². The third kappa shape index (κ3) is 4.11. The normalized spacial score (nSPS) is 16.2. The van der Waals surface area contributed by atoms with Gasteiger partial charge in [0.15, 0.2) is 0 Å². The van der Waals surface area contributed by atoms with Crippen molar-refractivity contribution >= 4 is 35.2 Å². The molecule has 140 valence electrons. The van der Waals surface area contributed by atoms with Crippen molar-refractivity contribution in [3.05, 3.63) is 58.9 Å². The van der Waals surface area contributed by atoms with Crippen molar-refractivity contribution in [3.63, 3.8) is 0 Å². The largest absolute Gasteiger partial charge is 0.477 e. The van der Waals surface area contributed by atoms with Crippen molar-refractivity contribution in [1.29, 1.82) is 0 Å². The number of thioether (sulfide) groups is 1. The summed E-state index contributed by atoms with van der Waals surface area (Å²) in [5, 5.41) is 11.9. The molecule has 1 aromatic carbocycles. The van der Waals surface area contributed by atoms with Gasteiger partial charge in [0.05, 0.1) is 5.88 Å². The van der Waals surface area contributed by atoms with Crippen LogP contribution in [0.5, 0.6) is 0 Å². The van der Waals surface area contributed by atoms with Crippen LogP contribution in [0.1, 0.15) is 32.1 Å². The predicted octanol–water partition coefficient (Wildman–Crippen LogP) is 2.55. The summed E-state index contributed by atoms with van der Waals surface area (Å²) < 4.78 is 0. The van der Waals surface area contributed by atoms with Crippen molar-refractivity contribution in [3.8, 4) is 0 Å². The third-order valence-corrected chi connectivity index (χ3v) is 5.29. The van der Waals surface area contributed by atoms with Gasteiger partial charge < -0.3 is 15.3 Å². The molecule has 2 amide bonds. The lowest BCUT2D eigenvalue weighted by atomic mass is 10.1. The minimum absolute atomic E-state index is 0.0155. The molecule has 1 aromatic heterocycles. The van der Waals surface area contributed by atoms with Crippen LogP contribution in [0.4, 0.5) is 5.69 Å². The van der Waals surface area contributed by atoms with Gasteiger partial charge in [0.2, 0.25) is 5.91 Å². The minimum Gasteiger partial charge on any atom is -0.477 e. The monoisotopic (exact) mass is 385 g/mol. The Labute approximate surface area is 160 Å². The van der Waals surface area contributed by atoms with Crippen molar-refractivity contribution in [1.82, 2.24) is 9.88 Å². The number of aromatic carboxylic acids is 1. The van der Waals surface area contributed by atoms with Gasteiger partial charge in [-0.2, -0.15) is 0 Å². The predicted molar refractivity (Wildman–Crippen MR) is 103 cm³/mol. The molecule has 1 saturated heterocycles. The number of carboxylic acid groups (broad SMARTS) is 1. The first kappa shape index (κ1) is 18.9. The lowest BCUT2D eigenvalue weighted by Gasteiger charge is -2.23. The number of rotatable bonds is 4. The van der Waals surface area contributed by atoms with Gasteiger partial charge in [-0.3, -0.25) is 9.59 Å². The Morgan fingerprint density at radius 2 is 1.93 bits per heavy atom. The Balaban J connectivity index is 1.78. The number of nitrogens with one attached hydrogen (secondary N) is 1. The number of nitrogens with zero attached hydrogens (tertiary/aromatic N) is 2. The summed E-state index contributed by atoms with van der Waals surface area (Å²) in [7, 11) is 0. The number of hydrogen-bond donors (Lipinski definition) is 2. The second-order valence-corrected chi connectivity index (χ2v) is 7.31. The smallest absolute Gasteiger partial charge is 0.354 e. The number of benzene rings is 1. The quantitative estimate of drug-likeness (QED) is 0.839. The number of amides is 2. The highest BCUT2D eigenvalue weighted by molar-refractivity contribution is 7.99. The summed E-state index contributed by atoms with van der Waals surface area (Å²) in [5.41, 5.74) is 2.57. The van der Waals surface area contributed by atoms with Crippen LogP contribution in [0.2, 0.25) is 0 Å². The van der Waals surface area contributed by atoms with Crippen LogP contribution in [0.3, 0.4) is 0 Å². The maximum absolute atomic E-state index is 12.8. The summed E-state index contributed by atoms with van der Waals surface area (Å²) in [6, 6.07) is 9.34. The SMILES string of the molecule is Cc1ccc(NC(=O)C2CSCN2C(=O)c2cccc(C(=O)O)n2)c(C)c1. The van der Waals surface area contributed by atoms with E-state index >= 15 is 0 Å². The van der Waals surface area contributed by atoms with Crippen LogP contribution in [0.25, 0.3) is 0 Å². The first-order valence-electron chi connectivity index (χ1n) is 8.34. The molecule has 1 atom stereocenters. The maximum Gasteiger partial charge on any atom is 0.354 e. The molecule has 0 saturated carbocycles. The van der Waals surface area contributed by atoms with Crippen LogP contribution in [-0.2, 0) is 4.79 Å². The molecule has 2 aromatic rings. The Bertz CT molecular complexity index is 916. The molecule has 1 aliphatic heterocycles. The first-order valence-corrected chi connectivity index (χ1v) is 9.49. The number of pyridine rings is 1. The number of hydrogen-bond acceptors (Lipinski definition) is 5. The van der Waals surface area contributed by atoms with Crippen molar-refractivity contribution < 1.29 is 19.5 Å². The molecule has 3 rings (SSSR count). The van der Waals surface area contributed by atoms with Gasteiger partial charge in [-0.05, 0) is 37.6 Å². The number of carbonyl (C=O) groups excluding carboxylic acids is 2. The average molecular weight is 385 g/mol. The van der Waals surface area contributed by atoms with Crippen LogP contribution in [0, 0.1) is 13.8 Å². The first-order chi connectivity index (χ1) is 12.9. The molecular weight excluding hydrogens is 366 g/mol. The fourth-order valence-corrected chi connectivity index (χ4v) is 4.00. The molecule has 27 heavy (non-hydrogen) atoms. The highest BCUT2D eigenvalue weighted by Gasteiger charge is 2.36. The lowest BCUT2D eigenvalue weighted by molar-refractivity contribution is -0.119. The highest BCUT2D eigenvalue weighted by Crippen LogP contribution is 2.25. The highest BCUT2D eigenvalue weighted by atomic mass is 32.2. The van der Waals surface area contributed by atoms with E-state index in [-0.39, 0.29) is 17.3 Å². The van der Waals surface area contributed by atoms with Crippen molar-refractivity contribution in [2.45, 2.75) is 19.9 Å². The molecule has 2 heterocycles. The Hall–Kier alpha value is -2.87. The fraction of sp³-hybridized carbons (Fsp3) is 0.263. The second-order valence-electron chi connectivity index (χ2n) is 6.31. The van der Waals surface area contributed by atoms with E-state index in [4.69, 9.17) is 5.11 Å². The zero-order valence-corrected chi connectivity index (χ0v) is 15.7. The molecule has 0 spiro atoms. The number of anilines is 1. The van der Waals surface area contributed by atoms with E-state index in [9.17, 15) is 14.4 Å². The Morgan fingerprint density at radius 3 is 2.63 bits per heavy atom. The maximum atomic E-state index is 12.8. The summed E-state index contributed by atoms with van der Waals surface area (Å²) in [5.74, 6) is -1.10. The van der Waals surface area contributed by atoms with Gasteiger partial charge in [-0.1, -0.05) is 23.8 Å². The van der Waals surface area contributed by atoms with Gasteiger partial charge in [-0.25, -0.2) is 9.78 Å². The van der Waals surface area contributed by atoms with E-state index < -0.39 is 17.9 Å². The number of aryl methyl sites for hydroxylation is 2. The molecule has 1 unspecified atom stereocenters. The van der Waals surface area contributed by atoms with E-state index in [1.165, 1.54) is 34.9 Å². The number of carbonyl (C=O) groups is 3. The van der Waals surface area contributed by atoms with E-state index in [1.54, 1.807) is 0 Å². The van der Waals surface area contributed by atoms with E-state index in [0.717, 1.165) is 11.1 Å². The molecular formula is C19H19N3O4S. The van der Waals surface area contributed by atoms with Gasteiger partial charge >= 0.3 is 5.97 Å². The van der Waals surface area contributed by atoms with E-state index in [2.05, 4.69) is 10.3 Å². The molecule has 7 nitrogen and oxygen atoms in total. The van der Waals surface area contributed by atoms with Crippen molar-refractivity contribution in [2.24, 2.45) is 0 Å². The van der Waals surface area contributed by atoms with Crippen LogP contribution in [-0.4, -0.2) is 50.4 Å². The molecule has 2 N–H and O–H groups in total. The Kier molecular flexibility index (Phi) is 5.46. The van der Waals surface area contributed by atoms with Crippen molar-refractivity contribution in [2.75, 3.05) is 16.9 Å². The summed E-state index contributed by atoms with van der Waals surface area (Å²) >= 11 is 1.47. The lowest BCUT2D eigenvalue weighted by Crippen LogP contribution is -2.44. The summed E-state index contributed by atoms with van der Waals surface area (Å²) in [6.07, 6.45) is 0. The van der Waals surface area contributed by atoms with Gasteiger partial charge in [0, 0.05) is 11.4 Å². The molecule has 8 heteroatoms. The number of aromatic nitrogens is 1. The standard InChI is InChI=1S/C19H19N3O4S/c1-11-6-7-13(12(2)8-11)21-17(23)16-9-27-10-22(16)18(24)14-4-3-5-15(20-14)19(25)26/h3-8,16H,9-10H2,1-2H3,(H,21,23)(H,25,26). The second kappa shape index (κ2) is 7.79.